The molecule has 1 nitrogen and oxygen atoms in total. The summed E-state index contributed by atoms with van der Waals surface area (Å²) in [7, 11) is 0. The molecule has 1 atom stereocenters. The van der Waals surface area contributed by atoms with E-state index < -0.39 is 5.60 Å². The lowest BCUT2D eigenvalue weighted by Gasteiger charge is -2.28. The highest BCUT2D eigenvalue weighted by molar-refractivity contribution is 14.1. The van der Waals surface area contributed by atoms with Gasteiger partial charge in [-0.2, -0.15) is 0 Å². The van der Waals surface area contributed by atoms with E-state index in [0.717, 1.165) is 25.2 Å². The number of hydrogen-bond donors (Lipinski definition) is 1. The summed E-state index contributed by atoms with van der Waals surface area (Å²) in [5, 5.41) is 13.4. The summed E-state index contributed by atoms with van der Waals surface area (Å²) in [6, 6.07) is 24.3. The number of benzene rings is 2. The monoisotopic (exact) mass is 432 g/mol. The second kappa shape index (κ2) is 6.99. The van der Waals surface area contributed by atoms with Crippen molar-refractivity contribution in [3.05, 3.63) is 94.2 Å². The van der Waals surface area contributed by atoms with Crippen molar-refractivity contribution in [1.29, 1.82) is 0 Å². The summed E-state index contributed by atoms with van der Waals surface area (Å²) in [6.45, 7) is 1.88. The van der Waals surface area contributed by atoms with Gasteiger partial charge in [0.2, 0.25) is 0 Å². The first-order valence-corrected chi connectivity index (χ1v) is 9.34. The molecule has 0 radical (unpaired) electrons. The van der Waals surface area contributed by atoms with Gasteiger partial charge in [0.05, 0.1) is 0 Å². The van der Waals surface area contributed by atoms with Gasteiger partial charge in [-0.25, -0.2) is 0 Å². The third-order valence-corrected chi connectivity index (χ3v) is 6.04. The fraction of sp³-hybridized carbons (Fsp3) is 0.100. The molecule has 3 rings (SSSR count). The van der Waals surface area contributed by atoms with E-state index in [-0.39, 0.29) is 0 Å². The Morgan fingerprint density at radius 3 is 1.96 bits per heavy atom. The van der Waals surface area contributed by atoms with Crippen LogP contribution in [-0.2, 0) is 5.60 Å². The van der Waals surface area contributed by atoms with Gasteiger partial charge in [-0.3, -0.25) is 0 Å². The molecule has 0 aliphatic heterocycles. The minimum absolute atomic E-state index is 0.937. The van der Waals surface area contributed by atoms with Crippen molar-refractivity contribution < 1.29 is 5.11 Å². The van der Waals surface area contributed by atoms with Gasteiger partial charge in [0, 0.05) is 14.0 Å². The van der Waals surface area contributed by atoms with Crippen LogP contribution in [-0.4, -0.2) is 5.11 Å². The predicted molar refractivity (Wildman–Crippen MR) is 108 cm³/mol. The van der Waals surface area contributed by atoms with Crippen LogP contribution >= 0.6 is 33.9 Å². The summed E-state index contributed by atoms with van der Waals surface area (Å²) < 4.78 is 1.06. The summed E-state index contributed by atoms with van der Waals surface area (Å²) in [6.07, 6.45) is 0. The van der Waals surface area contributed by atoms with Crippen LogP contribution < -0.4 is 0 Å². The van der Waals surface area contributed by atoms with E-state index in [0.29, 0.717) is 0 Å². The molecule has 1 aromatic heterocycles. The van der Waals surface area contributed by atoms with Gasteiger partial charge in [-0.05, 0) is 52.1 Å². The lowest BCUT2D eigenvalue weighted by molar-refractivity contribution is 0.127. The molecule has 3 aromatic rings. The number of rotatable bonds is 4. The molecule has 0 bridgehead atoms. The molecular weight excluding hydrogens is 415 g/mol. The van der Waals surface area contributed by atoms with Gasteiger partial charge in [-0.1, -0.05) is 66.7 Å². The maximum atomic E-state index is 11.4. The van der Waals surface area contributed by atoms with Crippen molar-refractivity contribution in [3.8, 4) is 0 Å². The Hall–Kier alpha value is -1.43. The molecular formula is C20H17IOS. The summed E-state index contributed by atoms with van der Waals surface area (Å²) in [5.41, 5.74) is 2.05. The summed E-state index contributed by atoms with van der Waals surface area (Å²) in [5.74, 6) is 0. The Labute approximate surface area is 154 Å². The third kappa shape index (κ3) is 3.42. The topological polar surface area (TPSA) is 20.2 Å². The van der Waals surface area contributed by atoms with Crippen LogP contribution in [0.3, 0.4) is 0 Å². The maximum Gasteiger partial charge on any atom is 0.122 e. The van der Waals surface area contributed by atoms with Crippen LogP contribution in [0.2, 0.25) is 0 Å². The molecule has 0 amide bonds. The Bertz CT molecular complexity index is 790. The van der Waals surface area contributed by atoms with Crippen LogP contribution in [0.25, 0.3) is 9.15 Å². The molecule has 0 saturated heterocycles. The Balaban J connectivity index is 2.24. The second-order valence-corrected chi connectivity index (χ2v) is 7.50. The van der Waals surface area contributed by atoms with Gasteiger partial charge in [0.25, 0.3) is 0 Å². The molecule has 3 heteroatoms. The average Bonchev–Trinajstić information content (AvgIpc) is 3.12. The fourth-order valence-electron chi connectivity index (χ4n) is 2.63. The van der Waals surface area contributed by atoms with E-state index in [1.54, 1.807) is 11.3 Å². The molecule has 116 valence electrons. The maximum absolute atomic E-state index is 11.4. The van der Waals surface area contributed by atoms with Crippen molar-refractivity contribution in [2.24, 2.45) is 0 Å². The molecule has 23 heavy (non-hydrogen) atoms. The lowest BCUT2D eigenvalue weighted by Crippen LogP contribution is -2.22. The molecule has 0 saturated carbocycles. The quantitative estimate of drug-likeness (QED) is 0.399. The smallest absolute Gasteiger partial charge is 0.122 e. The van der Waals surface area contributed by atoms with Crippen molar-refractivity contribution in [1.82, 2.24) is 0 Å². The SMILES string of the molecule is CC(O)(/C(=C(\I)c1ccccc1)c1ccccc1)c1cccs1. The van der Waals surface area contributed by atoms with Gasteiger partial charge >= 0.3 is 0 Å². The highest BCUT2D eigenvalue weighted by Crippen LogP contribution is 2.44. The fourth-order valence-corrected chi connectivity index (χ4v) is 4.62. The second-order valence-electron chi connectivity index (χ2n) is 5.47. The van der Waals surface area contributed by atoms with Gasteiger partial charge in [-0.15, -0.1) is 11.3 Å². The Morgan fingerprint density at radius 2 is 1.43 bits per heavy atom. The predicted octanol–water partition coefficient (Wildman–Crippen LogP) is 5.96. The van der Waals surface area contributed by atoms with Crippen molar-refractivity contribution in [2.45, 2.75) is 12.5 Å². The molecule has 0 spiro atoms. The first-order chi connectivity index (χ1) is 11.1. The van der Waals surface area contributed by atoms with Gasteiger partial charge in [0.15, 0.2) is 0 Å². The summed E-state index contributed by atoms with van der Waals surface area (Å²) >= 11 is 3.93. The van der Waals surface area contributed by atoms with E-state index in [1.165, 1.54) is 0 Å². The molecule has 0 fully saturated rings. The van der Waals surface area contributed by atoms with E-state index in [4.69, 9.17) is 0 Å². The molecule has 0 aliphatic rings. The minimum atomic E-state index is -1.04. The highest BCUT2D eigenvalue weighted by atomic mass is 127. The third-order valence-electron chi connectivity index (χ3n) is 3.80. The van der Waals surface area contributed by atoms with Gasteiger partial charge < -0.3 is 5.11 Å². The zero-order valence-electron chi connectivity index (χ0n) is 12.7. The highest BCUT2D eigenvalue weighted by Gasteiger charge is 2.32. The number of thiophene rings is 1. The lowest BCUT2D eigenvalue weighted by atomic mass is 9.87. The van der Waals surface area contributed by atoms with Gasteiger partial charge in [0.1, 0.15) is 5.60 Å². The largest absolute Gasteiger partial charge is 0.380 e. The molecule has 1 unspecified atom stereocenters. The van der Waals surface area contributed by atoms with Crippen molar-refractivity contribution in [2.75, 3.05) is 0 Å². The minimum Gasteiger partial charge on any atom is -0.380 e. The van der Waals surface area contributed by atoms with E-state index in [1.807, 2.05) is 60.8 Å². The van der Waals surface area contributed by atoms with Crippen molar-refractivity contribution in [3.63, 3.8) is 0 Å². The molecule has 0 aliphatic carbocycles. The van der Waals surface area contributed by atoms with Crippen LogP contribution in [0.1, 0.15) is 22.9 Å². The Kier molecular flexibility index (Phi) is 4.99. The normalized spacial score (nSPS) is 14.9. The van der Waals surface area contributed by atoms with Crippen LogP contribution in [0.5, 0.6) is 0 Å². The van der Waals surface area contributed by atoms with Crippen LogP contribution in [0.4, 0.5) is 0 Å². The van der Waals surface area contributed by atoms with Crippen molar-refractivity contribution >= 4 is 43.1 Å². The molecule has 1 N–H and O–H groups in total. The van der Waals surface area contributed by atoms with E-state index in [2.05, 4.69) is 46.9 Å². The zero-order chi connectivity index (χ0) is 16.3. The first kappa shape index (κ1) is 16.4. The Morgan fingerprint density at radius 1 is 0.870 bits per heavy atom. The van der Waals surface area contributed by atoms with E-state index >= 15 is 0 Å². The molecule has 1 heterocycles. The van der Waals surface area contributed by atoms with E-state index in [9.17, 15) is 5.11 Å². The standard InChI is InChI=1S/C20H17IOS/c1-20(22,17-13-8-14-23-17)18(15-9-4-2-5-10-15)19(21)16-11-6-3-7-12-16/h2-14,22H,1H3/b19-18-. The summed E-state index contributed by atoms with van der Waals surface area (Å²) in [4.78, 5) is 0.946. The van der Waals surface area contributed by atoms with Crippen LogP contribution in [0.15, 0.2) is 78.2 Å². The number of halogens is 1. The first-order valence-electron chi connectivity index (χ1n) is 7.38. The average molecular weight is 432 g/mol. The van der Waals surface area contributed by atoms with Crippen LogP contribution in [0, 0.1) is 0 Å². The zero-order valence-corrected chi connectivity index (χ0v) is 15.7. The number of hydrogen-bond acceptors (Lipinski definition) is 2. The number of aliphatic hydroxyl groups is 1. The molecule has 2 aromatic carbocycles.